The van der Waals surface area contributed by atoms with Gasteiger partial charge in [-0.15, -0.1) is 0 Å². The van der Waals surface area contributed by atoms with E-state index < -0.39 is 31.5 Å². The SMILES string of the molecule is CCCCCCCCCCCCC/C=C/C(O)C(COP(=O)([O-])OCC[N+](C)(C)C)NC(=O)CCCCCCCCCCCNc1ccc([N+](=O)[O-])c2nonc12. The van der Waals surface area contributed by atoms with Crippen LogP contribution in [0.1, 0.15) is 148 Å². The number of nitrogens with zero attached hydrogens (tertiary/aromatic N) is 4. The lowest BCUT2D eigenvalue weighted by Crippen LogP contribution is -2.45. The number of likely N-dealkylation sites (N-methyl/N-ethyl adjacent to an activating group) is 1. The molecule has 1 aromatic carbocycles. The molecule has 326 valence electrons. The first-order valence-electron chi connectivity index (χ1n) is 21.5. The van der Waals surface area contributed by atoms with Crippen molar-refractivity contribution in [2.45, 2.75) is 160 Å². The molecule has 2 aromatic rings. The number of nitro benzene ring substituents is 1. The minimum atomic E-state index is -4.62. The highest BCUT2D eigenvalue weighted by Crippen LogP contribution is 2.38. The van der Waals surface area contributed by atoms with Crippen LogP contribution in [0.2, 0.25) is 0 Å². The van der Waals surface area contributed by atoms with Gasteiger partial charge in [-0.05, 0) is 42.1 Å². The van der Waals surface area contributed by atoms with Crippen LogP contribution in [0.15, 0.2) is 28.9 Å². The van der Waals surface area contributed by atoms with Gasteiger partial charge in [0.2, 0.25) is 11.4 Å². The number of benzene rings is 1. The molecule has 3 N–H and O–H groups in total. The number of aliphatic hydroxyl groups excluding tert-OH is 1. The average molecular weight is 825 g/mol. The molecule has 57 heavy (non-hydrogen) atoms. The summed E-state index contributed by atoms with van der Waals surface area (Å²) in [5.41, 5.74) is 1.02. The lowest BCUT2D eigenvalue weighted by molar-refractivity contribution is -0.870. The minimum Gasteiger partial charge on any atom is -0.756 e. The van der Waals surface area contributed by atoms with E-state index in [9.17, 15) is 29.5 Å². The van der Waals surface area contributed by atoms with Gasteiger partial charge >= 0.3 is 5.69 Å². The number of unbranched alkanes of at least 4 members (excludes halogenated alkanes) is 19. The number of aromatic nitrogens is 2. The molecule has 3 atom stereocenters. The Kier molecular flexibility index (Phi) is 25.8. The molecule has 0 spiro atoms. The molecule has 3 unspecified atom stereocenters. The van der Waals surface area contributed by atoms with Gasteiger partial charge in [0.15, 0.2) is 5.52 Å². The van der Waals surface area contributed by atoms with Crippen LogP contribution in [0.5, 0.6) is 0 Å². The first-order chi connectivity index (χ1) is 27.3. The summed E-state index contributed by atoms with van der Waals surface area (Å²) in [4.78, 5) is 36.0. The standard InChI is InChI=1S/C41H73N6O9P/c1-5-6-7-8-9-10-11-12-13-15-18-21-24-27-38(48)36(34-55-57(52,53)54-33-32-47(2,3)4)43-39(49)28-25-22-19-16-14-17-20-23-26-31-42-35-29-30-37(46(50)51)41-40(35)44-56-45-41/h24,27,29-30,36,38,48H,5-23,25-26,28,31-34H2,1-4H3,(H2-,42,43,45,49,52,53)/b27-24+. The predicted octanol–water partition coefficient (Wildman–Crippen LogP) is 8.75. The smallest absolute Gasteiger partial charge is 0.300 e. The van der Waals surface area contributed by atoms with Gasteiger partial charge in [-0.25, -0.2) is 4.63 Å². The van der Waals surface area contributed by atoms with E-state index in [0.717, 1.165) is 70.6 Å². The topological polar surface area (TPSA) is 202 Å². The zero-order chi connectivity index (χ0) is 41.8. The maximum atomic E-state index is 12.9. The highest BCUT2D eigenvalue weighted by Gasteiger charge is 2.23. The van der Waals surface area contributed by atoms with Crippen LogP contribution < -0.4 is 15.5 Å². The van der Waals surface area contributed by atoms with E-state index in [4.69, 9.17) is 13.7 Å². The molecule has 0 bridgehead atoms. The Balaban J connectivity index is 1.64. The van der Waals surface area contributed by atoms with Crippen molar-refractivity contribution < 1.29 is 42.4 Å². The summed E-state index contributed by atoms with van der Waals surface area (Å²) in [6.07, 6.45) is 26.3. The van der Waals surface area contributed by atoms with Crippen molar-refractivity contribution >= 4 is 36.1 Å². The van der Waals surface area contributed by atoms with Crippen molar-refractivity contribution in [2.75, 3.05) is 52.8 Å². The summed E-state index contributed by atoms with van der Waals surface area (Å²) in [5, 5.41) is 35.6. The summed E-state index contributed by atoms with van der Waals surface area (Å²) in [6, 6.07) is 2.10. The van der Waals surface area contributed by atoms with Crippen molar-refractivity contribution in [3.05, 3.63) is 34.4 Å². The van der Waals surface area contributed by atoms with Crippen molar-refractivity contribution in [3.8, 4) is 0 Å². The fourth-order valence-corrected chi connectivity index (χ4v) is 7.17. The van der Waals surface area contributed by atoms with Crippen LogP contribution in [0.3, 0.4) is 0 Å². The quantitative estimate of drug-likeness (QED) is 0.0147. The summed E-state index contributed by atoms with van der Waals surface area (Å²) in [6.45, 7) is 2.97. The number of fused-ring (bicyclic) bond motifs is 1. The molecule has 0 saturated heterocycles. The molecule has 16 heteroatoms. The number of non-ortho nitro benzene ring substituents is 1. The van der Waals surface area contributed by atoms with Gasteiger partial charge in [-0.2, -0.15) is 0 Å². The lowest BCUT2D eigenvalue weighted by Gasteiger charge is -2.29. The van der Waals surface area contributed by atoms with Gasteiger partial charge in [0.1, 0.15) is 13.2 Å². The minimum absolute atomic E-state index is 0.0291. The number of quaternary nitrogens is 1. The Bertz CT molecular complexity index is 1470. The maximum absolute atomic E-state index is 12.9. The lowest BCUT2D eigenvalue weighted by atomic mass is 10.0. The van der Waals surface area contributed by atoms with Crippen molar-refractivity contribution in [3.63, 3.8) is 0 Å². The van der Waals surface area contributed by atoms with Crippen LogP contribution in [-0.2, 0) is 18.4 Å². The number of phosphoric ester groups is 1. The van der Waals surface area contributed by atoms with Gasteiger partial charge in [0, 0.05) is 19.0 Å². The molecule has 0 radical (unpaired) electrons. The fourth-order valence-electron chi connectivity index (χ4n) is 6.45. The number of nitro groups is 1. The van der Waals surface area contributed by atoms with E-state index >= 15 is 0 Å². The largest absolute Gasteiger partial charge is 0.756 e. The fraction of sp³-hybridized carbons (Fsp3) is 0.780. The van der Waals surface area contributed by atoms with Gasteiger partial charge in [0.25, 0.3) is 7.82 Å². The van der Waals surface area contributed by atoms with E-state index in [2.05, 4.69) is 27.9 Å². The molecule has 0 saturated carbocycles. The van der Waals surface area contributed by atoms with E-state index in [0.29, 0.717) is 35.2 Å². The number of nitrogens with one attached hydrogen (secondary N) is 2. The number of rotatable bonds is 36. The summed E-state index contributed by atoms with van der Waals surface area (Å²) in [5.74, 6) is -0.254. The molecule has 2 rings (SSSR count). The molecule has 1 aromatic heterocycles. The van der Waals surface area contributed by atoms with Crippen molar-refractivity contribution in [1.82, 2.24) is 15.6 Å². The molecular formula is C41H73N6O9P. The Morgan fingerprint density at radius 3 is 2.04 bits per heavy atom. The Labute approximate surface area is 341 Å². The number of allylic oxidation sites excluding steroid dienone is 1. The Hall–Kier alpha value is -2.94. The molecule has 1 amide bonds. The number of carbonyl (C=O) groups excluding carboxylic acids is 1. The van der Waals surface area contributed by atoms with Gasteiger partial charge in [-0.1, -0.05) is 128 Å². The predicted molar refractivity (Wildman–Crippen MR) is 224 cm³/mol. The second-order valence-electron chi connectivity index (χ2n) is 16.2. The normalized spacial score (nSPS) is 14.2. The van der Waals surface area contributed by atoms with Crippen LogP contribution in [-0.4, -0.2) is 90.3 Å². The highest BCUT2D eigenvalue weighted by atomic mass is 31.2. The molecule has 0 aliphatic rings. The van der Waals surface area contributed by atoms with E-state index in [-0.39, 0.29) is 30.1 Å². The third-order valence-electron chi connectivity index (χ3n) is 9.98. The zero-order valence-electron chi connectivity index (χ0n) is 35.3. The molecule has 0 aliphatic carbocycles. The summed E-state index contributed by atoms with van der Waals surface area (Å²) < 4.78 is 27.8. The third-order valence-corrected chi connectivity index (χ3v) is 10.9. The molecule has 1 heterocycles. The van der Waals surface area contributed by atoms with E-state index in [1.807, 2.05) is 27.2 Å². The number of amides is 1. The van der Waals surface area contributed by atoms with Gasteiger partial charge in [-0.3, -0.25) is 19.5 Å². The monoisotopic (exact) mass is 825 g/mol. The Morgan fingerprint density at radius 2 is 1.44 bits per heavy atom. The van der Waals surface area contributed by atoms with Gasteiger partial charge in [0.05, 0.1) is 50.5 Å². The highest BCUT2D eigenvalue weighted by molar-refractivity contribution is 7.45. The summed E-state index contributed by atoms with van der Waals surface area (Å²) in [7, 11) is 1.16. The van der Waals surface area contributed by atoms with Crippen molar-refractivity contribution in [1.29, 1.82) is 0 Å². The van der Waals surface area contributed by atoms with Crippen LogP contribution >= 0.6 is 7.82 Å². The number of carbonyl (C=O) groups is 1. The second kappa shape index (κ2) is 29.3. The van der Waals surface area contributed by atoms with Gasteiger partial charge < -0.3 is 34.2 Å². The molecule has 15 nitrogen and oxygen atoms in total. The van der Waals surface area contributed by atoms with Crippen LogP contribution in [0.4, 0.5) is 11.4 Å². The maximum Gasteiger partial charge on any atom is 0.300 e. The summed E-state index contributed by atoms with van der Waals surface area (Å²) >= 11 is 0. The first kappa shape index (κ1) is 50.2. The first-order valence-corrected chi connectivity index (χ1v) is 23.0. The van der Waals surface area contributed by atoms with E-state index in [1.165, 1.54) is 63.9 Å². The number of hydrogen-bond acceptors (Lipinski definition) is 12. The van der Waals surface area contributed by atoms with Crippen LogP contribution in [0.25, 0.3) is 11.0 Å². The molecule has 0 aliphatic heterocycles. The van der Waals surface area contributed by atoms with Crippen LogP contribution in [0, 0.1) is 10.1 Å². The molecule has 0 fully saturated rings. The average Bonchev–Trinajstić information content (AvgIpc) is 3.65. The number of aliphatic hydroxyl groups is 1. The zero-order valence-corrected chi connectivity index (χ0v) is 36.2. The van der Waals surface area contributed by atoms with Crippen molar-refractivity contribution in [2.24, 2.45) is 0 Å². The molecular weight excluding hydrogens is 751 g/mol. The number of hydrogen-bond donors (Lipinski definition) is 3. The van der Waals surface area contributed by atoms with E-state index in [1.54, 1.807) is 12.1 Å². The third kappa shape index (κ3) is 23.9. The number of anilines is 1. The Morgan fingerprint density at radius 1 is 0.877 bits per heavy atom. The second-order valence-corrected chi connectivity index (χ2v) is 17.6. The number of phosphoric acid groups is 1.